The molecule has 8 heteroatoms. The monoisotopic (exact) mass is 462 g/mol. The Kier molecular flexibility index (Phi) is 11.3. The molecule has 0 aromatic heterocycles. The summed E-state index contributed by atoms with van der Waals surface area (Å²) in [6.45, 7) is 4.68. The number of aliphatic hydroxyl groups is 1. The topological polar surface area (TPSA) is 123 Å². The van der Waals surface area contributed by atoms with Gasteiger partial charge in [-0.25, -0.2) is 5.48 Å². The van der Waals surface area contributed by atoms with Gasteiger partial charge in [-0.15, -0.1) is 0 Å². The van der Waals surface area contributed by atoms with E-state index in [-0.39, 0.29) is 24.9 Å². The van der Waals surface area contributed by atoms with Crippen LogP contribution < -0.4 is 21.4 Å². The van der Waals surface area contributed by atoms with Gasteiger partial charge in [0.2, 0.25) is 5.91 Å². The van der Waals surface area contributed by atoms with Gasteiger partial charge in [0, 0.05) is 28.9 Å². The van der Waals surface area contributed by atoms with Gasteiger partial charge >= 0.3 is 0 Å². The van der Waals surface area contributed by atoms with Crippen LogP contribution in [0.3, 0.4) is 0 Å². The van der Waals surface area contributed by atoms with Crippen LogP contribution in [0.2, 0.25) is 0 Å². The third kappa shape index (κ3) is 9.45. The second-order valence-electron chi connectivity index (χ2n) is 7.56. The van der Waals surface area contributed by atoms with E-state index >= 15 is 0 Å². The Morgan fingerprint density at radius 1 is 0.971 bits per heavy atom. The molecule has 2 aromatic carbocycles. The Balaban J connectivity index is 1.90. The number of carbonyl (C=O) groups is 2. The molecule has 0 radical (unpaired) electrons. The molecule has 0 aliphatic rings. The summed E-state index contributed by atoms with van der Waals surface area (Å²) < 4.78 is 0. The molecule has 6 N–H and O–H groups in total. The quantitative estimate of drug-likeness (QED) is 0.181. The summed E-state index contributed by atoms with van der Waals surface area (Å²) in [6.07, 6.45) is 0.150. The standard InChI is InChI=1S/C26H30N4O4/c1-3-16-27-18-25(32)29-23-14-10-21(11-15-23)7-5-4-6-20-8-12-22(13-9-20)26(33)30-24(17-28-34)19(2)31/h8-15,19,24,27-28,31,34H,3,16-18H2,1-2H3,(H,29,32)(H,30,33)/t19-,24+/m1/s1. The number of nitrogens with one attached hydrogen (secondary N) is 4. The highest BCUT2D eigenvalue weighted by Gasteiger charge is 2.17. The van der Waals surface area contributed by atoms with Crippen molar-refractivity contribution in [3.8, 4) is 23.7 Å². The number of rotatable bonds is 10. The molecule has 0 heterocycles. The van der Waals surface area contributed by atoms with Crippen LogP contribution >= 0.6 is 0 Å². The van der Waals surface area contributed by atoms with Crippen LogP contribution in [0.15, 0.2) is 48.5 Å². The summed E-state index contributed by atoms with van der Waals surface area (Å²) in [7, 11) is 0. The predicted molar refractivity (Wildman–Crippen MR) is 131 cm³/mol. The Morgan fingerprint density at radius 2 is 1.56 bits per heavy atom. The van der Waals surface area contributed by atoms with E-state index < -0.39 is 12.1 Å². The second kappa shape index (κ2) is 14.5. The number of hydrogen-bond donors (Lipinski definition) is 6. The SMILES string of the molecule is CCCNCC(=O)Nc1ccc(C#CC#Cc2ccc(C(=O)N[C@@H](CNO)[C@@H](C)O)cc2)cc1. The van der Waals surface area contributed by atoms with Crippen LogP contribution in [0.4, 0.5) is 5.69 Å². The third-order valence-electron chi connectivity index (χ3n) is 4.71. The van der Waals surface area contributed by atoms with E-state index in [1.165, 1.54) is 6.92 Å². The van der Waals surface area contributed by atoms with E-state index in [9.17, 15) is 14.7 Å². The lowest BCUT2D eigenvalue weighted by molar-refractivity contribution is -0.115. The molecule has 2 rings (SSSR count). The molecule has 8 nitrogen and oxygen atoms in total. The molecule has 0 aliphatic carbocycles. The summed E-state index contributed by atoms with van der Waals surface area (Å²) in [5.41, 5.74) is 4.54. The molecule has 0 bridgehead atoms. The minimum Gasteiger partial charge on any atom is -0.391 e. The zero-order valence-corrected chi connectivity index (χ0v) is 19.3. The van der Waals surface area contributed by atoms with Gasteiger partial charge in [-0.3, -0.25) is 9.59 Å². The van der Waals surface area contributed by atoms with Crippen molar-refractivity contribution in [3.63, 3.8) is 0 Å². The first-order valence-corrected chi connectivity index (χ1v) is 11.0. The Hall–Kier alpha value is -3.66. The maximum absolute atomic E-state index is 12.3. The predicted octanol–water partition coefficient (Wildman–Crippen LogP) is 1.49. The van der Waals surface area contributed by atoms with E-state index in [0.717, 1.165) is 18.5 Å². The summed E-state index contributed by atoms with van der Waals surface area (Å²) >= 11 is 0. The largest absolute Gasteiger partial charge is 0.391 e. The van der Waals surface area contributed by atoms with Crippen molar-refractivity contribution in [2.24, 2.45) is 0 Å². The van der Waals surface area contributed by atoms with Crippen molar-refractivity contribution in [1.29, 1.82) is 0 Å². The Bertz CT molecular complexity index is 1060. The highest BCUT2D eigenvalue weighted by atomic mass is 16.5. The number of hydrogen-bond acceptors (Lipinski definition) is 6. The summed E-state index contributed by atoms with van der Waals surface area (Å²) in [5, 5.41) is 27.0. The first-order chi connectivity index (χ1) is 16.4. The van der Waals surface area contributed by atoms with Crippen molar-refractivity contribution in [2.45, 2.75) is 32.4 Å². The van der Waals surface area contributed by atoms with Gasteiger partial charge in [0.05, 0.1) is 18.7 Å². The summed E-state index contributed by atoms with van der Waals surface area (Å²) in [6, 6.07) is 13.2. The average molecular weight is 463 g/mol. The third-order valence-corrected chi connectivity index (χ3v) is 4.71. The highest BCUT2D eigenvalue weighted by Crippen LogP contribution is 2.08. The van der Waals surface area contributed by atoms with E-state index in [0.29, 0.717) is 16.8 Å². The lowest BCUT2D eigenvalue weighted by Gasteiger charge is -2.20. The van der Waals surface area contributed by atoms with Gasteiger partial charge in [0.15, 0.2) is 0 Å². The number of carbonyl (C=O) groups excluding carboxylic acids is 2. The molecule has 0 saturated heterocycles. The molecule has 34 heavy (non-hydrogen) atoms. The molecule has 2 atom stereocenters. The second-order valence-corrected chi connectivity index (χ2v) is 7.56. The zero-order valence-electron chi connectivity index (χ0n) is 19.3. The molecule has 2 aromatic rings. The number of aliphatic hydroxyl groups excluding tert-OH is 1. The highest BCUT2D eigenvalue weighted by molar-refractivity contribution is 5.94. The molecular weight excluding hydrogens is 432 g/mol. The zero-order chi connectivity index (χ0) is 24.8. The first kappa shape index (κ1) is 26.6. The normalized spacial score (nSPS) is 11.8. The van der Waals surface area contributed by atoms with Crippen molar-refractivity contribution >= 4 is 17.5 Å². The van der Waals surface area contributed by atoms with Crippen LogP contribution in [-0.4, -0.2) is 53.9 Å². The van der Waals surface area contributed by atoms with E-state index in [2.05, 4.69) is 39.6 Å². The Morgan fingerprint density at radius 3 is 2.09 bits per heavy atom. The van der Waals surface area contributed by atoms with Crippen molar-refractivity contribution in [1.82, 2.24) is 16.1 Å². The minimum atomic E-state index is -0.824. The molecule has 178 valence electrons. The lowest BCUT2D eigenvalue weighted by Crippen LogP contribution is -2.47. The number of benzene rings is 2. The van der Waals surface area contributed by atoms with Crippen LogP contribution in [0, 0.1) is 23.7 Å². The van der Waals surface area contributed by atoms with Gasteiger partial charge in [-0.2, -0.15) is 0 Å². The fourth-order valence-corrected chi connectivity index (χ4v) is 2.82. The molecule has 0 unspecified atom stereocenters. The van der Waals surface area contributed by atoms with Crippen LogP contribution in [0.5, 0.6) is 0 Å². The van der Waals surface area contributed by atoms with E-state index in [4.69, 9.17) is 5.21 Å². The van der Waals surface area contributed by atoms with Gasteiger partial charge in [-0.05, 0) is 80.3 Å². The summed E-state index contributed by atoms with van der Waals surface area (Å²) in [4.78, 5) is 24.1. The molecular formula is C26H30N4O4. The smallest absolute Gasteiger partial charge is 0.251 e. The Labute approximate surface area is 200 Å². The van der Waals surface area contributed by atoms with Crippen molar-refractivity contribution in [3.05, 3.63) is 65.2 Å². The maximum atomic E-state index is 12.3. The van der Waals surface area contributed by atoms with Crippen molar-refractivity contribution < 1.29 is 19.9 Å². The maximum Gasteiger partial charge on any atom is 0.251 e. The number of amides is 2. The molecule has 0 spiro atoms. The van der Waals surface area contributed by atoms with Crippen LogP contribution in [-0.2, 0) is 4.79 Å². The van der Waals surface area contributed by atoms with Gasteiger partial charge in [-0.1, -0.05) is 18.8 Å². The van der Waals surface area contributed by atoms with Crippen LogP contribution in [0.1, 0.15) is 41.8 Å². The lowest BCUT2D eigenvalue weighted by atomic mass is 10.1. The summed E-state index contributed by atoms with van der Waals surface area (Å²) in [5.74, 6) is 11.0. The minimum absolute atomic E-state index is 0.0273. The molecule has 2 amide bonds. The van der Waals surface area contributed by atoms with Gasteiger partial charge in [0.1, 0.15) is 0 Å². The molecule has 0 saturated carbocycles. The van der Waals surface area contributed by atoms with E-state index in [1.54, 1.807) is 36.4 Å². The average Bonchev–Trinajstić information content (AvgIpc) is 2.83. The molecule has 0 fully saturated rings. The first-order valence-electron chi connectivity index (χ1n) is 11.0. The van der Waals surface area contributed by atoms with Gasteiger partial charge in [0.25, 0.3) is 5.91 Å². The number of anilines is 1. The fourth-order valence-electron chi connectivity index (χ4n) is 2.82. The van der Waals surface area contributed by atoms with E-state index in [1.807, 2.05) is 24.5 Å². The van der Waals surface area contributed by atoms with Crippen LogP contribution in [0.25, 0.3) is 0 Å². The number of hydroxylamine groups is 1. The van der Waals surface area contributed by atoms with Gasteiger partial charge < -0.3 is 26.3 Å². The fraction of sp³-hybridized carbons (Fsp3) is 0.308. The molecule has 0 aliphatic heterocycles. The van der Waals surface area contributed by atoms with Crippen molar-refractivity contribution in [2.75, 3.05) is 25.0 Å².